The molecule has 31 heavy (non-hydrogen) atoms. The maximum atomic E-state index is 13.3. The molecular formula is C22H30N4O5. The molecule has 0 N–H and O–H groups in total. The quantitative estimate of drug-likeness (QED) is 0.637. The average Bonchev–Trinajstić information content (AvgIpc) is 3.59. The van der Waals surface area contributed by atoms with Gasteiger partial charge in [0.05, 0.1) is 32.9 Å². The summed E-state index contributed by atoms with van der Waals surface area (Å²) in [4.78, 5) is 28.0. The summed E-state index contributed by atoms with van der Waals surface area (Å²) in [6.07, 6.45) is 3.76. The zero-order valence-corrected chi connectivity index (χ0v) is 18.4. The first-order chi connectivity index (χ1) is 15.1. The fraction of sp³-hybridized carbons (Fsp3) is 0.591. The van der Waals surface area contributed by atoms with Gasteiger partial charge in [0.1, 0.15) is 17.3 Å². The first kappa shape index (κ1) is 21.4. The van der Waals surface area contributed by atoms with Crippen molar-refractivity contribution in [1.29, 1.82) is 0 Å². The van der Waals surface area contributed by atoms with Crippen LogP contribution >= 0.6 is 0 Å². The Labute approximate surface area is 181 Å². The summed E-state index contributed by atoms with van der Waals surface area (Å²) in [5.41, 5.74) is 0.434. The van der Waals surface area contributed by atoms with Crippen LogP contribution in [0.3, 0.4) is 0 Å². The number of amides is 1. The van der Waals surface area contributed by atoms with Crippen molar-refractivity contribution in [1.82, 2.24) is 19.2 Å². The molecule has 1 amide bonds. The number of ether oxygens (including phenoxy) is 3. The Morgan fingerprint density at radius 2 is 1.97 bits per heavy atom. The Kier molecular flexibility index (Phi) is 6.31. The predicted molar refractivity (Wildman–Crippen MR) is 114 cm³/mol. The van der Waals surface area contributed by atoms with Crippen molar-refractivity contribution in [2.75, 3.05) is 41.0 Å². The van der Waals surface area contributed by atoms with E-state index in [1.807, 2.05) is 9.47 Å². The third-order valence-electron chi connectivity index (χ3n) is 6.03. The normalized spacial score (nSPS) is 18.8. The van der Waals surface area contributed by atoms with Crippen LogP contribution in [-0.4, -0.2) is 66.2 Å². The van der Waals surface area contributed by atoms with Crippen LogP contribution in [0.25, 0.3) is 0 Å². The van der Waals surface area contributed by atoms with Crippen LogP contribution in [0.1, 0.15) is 53.8 Å². The highest BCUT2D eigenvalue weighted by molar-refractivity contribution is 5.97. The number of carbonyl (C=O) groups is 1. The van der Waals surface area contributed by atoms with E-state index in [0.717, 1.165) is 31.5 Å². The number of benzene rings is 1. The standard InChI is InChI=1S/C22H30N4O5/c1-29-12-11-25-22(28)26(16-6-7-16)20(23-25)15-5-4-10-24(14-15)21(27)18-9-8-17(30-2)13-19(18)31-3/h8-9,13,15-16H,4-7,10-12,14H2,1-3H3. The molecule has 0 radical (unpaired) electrons. The lowest BCUT2D eigenvalue weighted by Gasteiger charge is -2.32. The van der Waals surface area contributed by atoms with Crippen molar-refractivity contribution in [2.45, 2.75) is 44.2 Å². The molecule has 2 aromatic rings. The van der Waals surface area contributed by atoms with Gasteiger partial charge in [-0.1, -0.05) is 0 Å². The minimum absolute atomic E-state index is 0.0269. The lowest BCUT2D eigenvalue weighted by Crippen LogP contribution is -2.40. The van der Waals surface area contributed by atoms with Gasteiger partial charge >= 0.3 is 5.69 Å². The maximum Gasteiger partial charge on any atom is 0.346 e. The molecule has 2 heterocycles. The van der Waals surface area contributed by atoms with Gasteiger partial charge in [-0.3, -0.25) is 9.36 Å². The number of nitrogens with zero attached hydrogens (tertiary/aromatic N) is 4. The molecular weight excluding hydrogens is 400 g/mol. The van der Waals surface area contributed by atoms with Gasteiger partial charge in [-0.2, -0.15) is 5.10 Å². The van der Waals surface area contributed by atoms with Crippen LogP contribution in [0.5, 0.6) is 11.5 Å². The van der Waals surface area contributed by atoms with Gasteiger partial charge in [0.25, 0.3) is 5.91 Å². The second-order valence-corrected chi connectivity index (χ2v) is 8.11. The minimum atomic E-state index is -0.0802. The van der Waals surface area contributed by atoms with E-state index in [2.05, 4.69) is 5.10 Å². The van der Waals surface area contributed by atoms with Gasteiger partial charge in [0, 0.05) is 38.2 Å². The number of methoxy groups -OCH3 is 3. The van der Waals surface area contributed by atoms with Crippen LogP contribution in [0.2, 0.25) is 0 Å². The molecule has 1 aromatic heterocycles. The smallest absolute Gasteiger partial charge is 0.346 e. The monoisotopic (exact) mass is 430 g/mol. The van der Waals surface area contributed by atoms with Crippen LogP contribution in [-0.2, 0) is 11.3 Å². The van der Waals surface area contributed by atoms with E-state index < -0.39 is 0 Å². The molecule has 0 bridgehead atoms. The van der Waals surface area contributed by atoms with Crippen molar-refractivity contribution in [3.05, 3.63) is 40.1 Å². The number of piperidine rings is 1. The first-order valence-electron chi connectivity index (χ1n) is 10.8. The number of aromatic nitrogens is 3. The topological polar surface area (TPSA) is 87.8 Å². The molecule has 9 nitrogen and oxygen atoms in total. The molecule has 2 fully saturated rings. The van der Waals surface area contributed by atoms with E-state index in [1.165, 1.54) is 4.68 Å². The highest BCUT2D eigenvalue weighted by atomic mass is 16.5. The van der Waals surface area contributed by atoms with E-state index >= 15 is 0 Å². The van der Waals surface area contributed by atoms with Crippen molar-refractivity contribution in [3.8, 4) is 11.5 Å². The summed E-state index contributed by atoms with van der Waals surface area (Å²) >= 11 is 0. The lowest BCUT2D eigenvalue weighted by atomic mass is 9.96. The largest absolute Gasteiger partial charge is 0.497 e. The maximum absolute atomic E-state index is 13.3. The van der Waals surface area contributed by atoms with Crippen LogP contribution in [0.15, 0.2) is 23.0 Å². The second kappa shape index (κ2) is 9.13. The molecule has 1 saturated carbocycles. The third-order valence-corrected chi connectivity index (χ3v) is 6.03. The highest BCUT2D eigenvalue weighted by Gasteiger charge is 2.35. The van der Waals surface area contributed by atoms with Gasteiger partial charge < -0.3 is 19.1 Å². The van der Waals surface area contributed by atoms with Crippen molar-refractivity contribution >= 4 is 5.91 Å². The molecule has 4 rings (SSSR count). The highest BCUT2D eigenvalue weighted by Crippen LogP contribution is 2.37. The molecule has 1 saturated heterocycles. The molecule has 1 aromatic carbocycles. The number of rotatable bonds is 8. The summed E-state index contributed by atoms with van der Waals surface area (Å²) < 4.78 is 19.1. The summed E-state index contributed by atoms with van der Waals surface area (Å²) in [7, 11) is 4.74. The fourth-order valence-corrected chi connectivity index (χ4v) is 4.23. The van der Waals surface area contributed by atoms with Crippen LogP contribution < -0.4 is 15.2 Å². The van der Waals surface area contributed by atoms with Gasteiger partial charge in [-0.05, 0) is 37.8 Å². The minimum Gasteiger partial charge on any atom is -0.497 e. The van der Waals surface area contributed by atoms with Crippen molar-refractivity contribution in [3.63, 3.8) is 0 Å². The van der Waals surface area contributed by atoms with E-state index in [4.69, 9.17) is 14.2 Å². The first-order valence-corrected chi connectivity index (χ1v) is 10.8. The molecule has 0 spiro atoms. The summed E-state index contributed by atoms with van der Waals surface area (Å²) in [5.74, 6) is 1.87. The number of hydrogen-bond donors (Lipinski definition) is 0. The third kappa shape index (κ3) is 4.32. The zero-order valence-electron chi connectivity index (χ0n) is 18.4. The number of likely N-dealkylation sites (tertiary alicyclic amines) is 1. The molecule has 1 aliphatic heterocycles. The van der Waals surface area contributed by atoms with E-state index in [-0.39, 0.29) is 23.6 Å². The Morgan fingerprint density at radius 3 is 2.65 bits per heavy atom. The van der Waals surface area contributed by atoms with Gasteiger partial charge in [-0.25, -0.2) is 9.48 Å². The lowest BCUT2D eigenvalue weighted by molar-refractivity contribution is 0.0699. The fourth-order valence-electron chi connectivity index (χ4n) is 4.23. The second-order valence-electron chi connectivity index (χ2n) is 8.11. The Balaban J connectivity index is 1.58. The number of carbonyl (C=O) groups excluding carboxylic acids is 1. The molecule has 1 aliphatic carbocycles. The Hall–Kier alpha value is -2.81. The SMILES string of the molecule is COCCn1nc(C2CCCN(C(=O)c3ccc(OC)cc3OC)C2)n(C2CC2)c1=O. The van der Waals surface area contributed by atoms with Gasteiger partial charge in [0.2, 0.25) is 0 Å². The number of hydrogen-bond acceptors (Lipinski definition) is 6. The molecule has 1 unspecified atom stereocenters. The average molecular weight is 431 g/mol. The van der Waals surface area contributed by atoms with Crippen LogP contribution in [0, 0.1) is 0 Å². The summed E-state index contributed by atoms with van der Waals surface area (Å²) in [5, 5.41) is 4.66. The van der Waals surface area contributed by atoms with E-state index in [0.29, 0.717) is 43.3 Å². The van der Waals surface area contributed by atoms with Gasteiger partial charge in [-0.15, -0.1) is 0 Å². The van der Waals surface area contributed by atoms with Crippen molar-refractivity contribution in [2.24, 2.45) is 0 Å². The van der Waals surface area contributed by atoms with E-state index in [1.54, 1.807) is 39.5 Å². The van der Waals surface area contributed by atoms with Crippen LogP contribution in [0.4, 0.5) is 0 Å². The van der Waals surface area contributed by atoms with E-state index in [9.17, 15) is 9.59 Å². The Morgan fingerprint density at radius 1 is 1.16 bits per heavy atom. The zero-order chi connectivity index (χ0) is 22.0. The van der Waals surface area contributed by atoms with Gasteiger partial charge in [0.15, 0.2) is 0 Å². The summed E-state index contributed by atoms with van der Waals surface area (Å²) in [6, 6.07) is 5.45. The summed E-state index contributed by atoms with van der Waals surface area (Å²) in [6.45, 7) is 2.07. The predicted octanol–water partition coefficient (Wildman–Crippen LogP) is 2.06. The molecule has 9 heteroatoms. The molecule has 2 aliphatic rings. The molecule has 1 atom stereocenters. The molecule has 168 valence electrons. The van der Waals surface area contributed by atoms with Crippen molar-refractivity contribution < 1.29 is 19.0 Å². The Bertz CT molecular complexity index is 994.